The molecule has 0 atom stereocenters. The summed E-state index contributed by atoms with van der Waals surface area (Å²) in [6.07, 6.45) is 0. The molecule has 0 unspecified atom stereocenters. The molecule has 1 heterocycles. The molecular formula is C7H10BrN3O2. The van der Waals surface area contributed by atoms with E-state index in [9.17, 15) is 4.79 Å². The maximum atomic E-state index is 11.2. The van der Waals surface area contributed by atoms with Crippen LogP contribution in [0.25, 0.3) is 0 Å². The monoisotopic (exact) mass is 247 g/mol. The number of hydrogen-bond acceptors (Lipinski definition) is 4. The van der Waals surface area contributed by atoms with E-state index in [0.29, 0.717) is 23.3 Å². The van der Waals surface area contributed by atoms with Crippen LogP contribution in [0.4, 0.5) is 0 Å². The molecule has 0 saturated carbocycles. The van der Waals surface area contributed by atoms with Crippen molar-refractivity contribution in [2.45, 2.75) is 13.5 Å². The number of nitrogens with zero attached hydrogens (tertiary/aromatic N) is 1. The predicted octanol–water partition coefficient (Wildman–Crippen LogP) is 0.808. The number of hydrogen-bond donors (Lipinski definition) is 2. The molecule has 0 aliphatic carbocycles. The molecule has 1 rings (SSSR count). The summed E-state index contributed by atoms with van der Waals surface area (Å²) in [4.78, 5) is 11.2. The van der Waals surface area contributed by atoms with Gasteiger partial charge in [0.1, 0.15) is 0 Å². The predicted molar refractivity (Wildman–Crippen MR) is 50.1 cm³/mol. The second-order valence-corrected chi connectivity index (χ2v) is 3.08. The molecule has 6 heteroatoms. The van der Waals surface area contributed by atoms with Crippen LogP contribution in [0.2, 0.25) is 0 Å². The molecular weight excluding hydrogens is 238 g/mol. The number of ether oxygens (including phenoxy) is 1. The van der Waals surface area contributed by atoms with Crippen molar-refractivity contribution in [2.75, 3.05) is 6.61 Å². The van der Waals surface area contributed by atoms with E-state index >= 15 is 0 Å². The quantitative estimate of drug-likeness (QED) is 0.775. The highest BCUT2D eigenvalue weighted by molar-refractivity contribution is 9.10. The summed E-state index contributed by atoms with van der Waals surface area (Å²) in [5.41, 5.74) is 6.31. The van der Waals surface area contributed by atoms with E-state index in [2.05, 4.69) is 26.1 Å². The van der Waals surface area contributed by atoms with Crippen LogP contribution in [0.1, 0.15) is 23.1 Å². The number of carbonyl (C=O) groups is 1. The lowest BCUT2D eigenvalue weighted by Crippen LogP contribution is -2.05. The molecule has 0 amide bonds. The highest BCUT2D eigenvalue weighted by Gasteiger charge is 2.17. The number of rotatable bonds is 3. The van der Waals surface area contributed by atoms with Gasteiger partial charge in [0.25, 0.3) is 0 Å². The molecule has 0 fully saturated rings. The number of esters is 1. The maximum absolute atomic E-state index is 11.2. The Hall–Kier alpha value is -0.880. The van der Waals surface area contributed by atoms with Gasteiger partial charge in [-0.3, -0.25) is 5.10 Å². The van der Waals surface area contributed by atoms with E-state index in [1.54, 1.807) is 6.92 Å². The van der Waals surface area contributed by atoms with Crippen molar-refractivity contribution >= 4 is 21.9 Å². The first-order chi connectivity index (χ1) is 6.20. The molecule has 0 aliphatic rings. The van der Waals surface area contributed by atoms with Crippen molar-refractivity contribution < 1.29 is 9.53 Å². The Bertz CT molecular complexity index is 311. The van der Waals surface area contributed by atoms with E-state index in [1.807, 2.05) is 0 Å². The molecule has 5 nitrogen and oxygen atoms in total. The molecule has 72 valence electrons. The van der Waals surface area contributed by atoms with Crippen LogP contribution in [0.15, 0.2) is 4.47 Å². The number of carbonyl (C=O) groups excluding carboxylic acids is 1. The molecule has 0 aromatic carbocycles. The SMILES string of the molecule is CCOC(=O)c1n[nH]c(CN)c1Br. The normalized spacial score (nSPS) is 10.1. The number of aromatic amines is 1. The van der Waals surface area contributed by atoms with Gasteiger partial charge in [0.05, 0.1) is 16.8 Å². The van der Waals surface area contributed by atoms with Crippen molar-refractivity contribution in [3.8, 4) is 0 Å². The van der Waals surface area contributed by atoms with Gasteiger partial charge < -0.3 is 10.5 Å². The van der Waals surface area contributed by atoms with Gasteiger partial charge in [-0.15, -0.1) is 0 Å². The zero-order chi connectivity index (χ0) is 9.84. The Morgan fingerprint density at radius 3 is 2.92 bits per heavy atom. The van der Waals surface area contributed by atoms with Crippen LogP contribution in [0.5, 0.6) is 0 Å². The van der Waals surface area contributed by atoms with Crippen LogP contribution < -0.4 is 5.73 Å². The number of aromatic nitrogens is 2. The van der Waals surface area contributed by atoms with Crippen LogP contribution in [0.3, 0.4) is 0 Å². The average molecular weight is 248 g/mol. The lowest BCUT2D eigenvalue weighted by molar-refractivity contribution is 0.0518. The maximum Gasteiger partial charge on any atom is 0.360 e. The second kappa shape index (κ2) is 4.38. The van der Waals surface area contributed by atoms with Crippen LogP contribution in [-0.4, -0.2) is 22.8 Å². The molecule has 0 aliphatic heterocycles. The zero-order valence-corrected chi connectivity index (χ0v) is 8.72. The summed E-state index contributed by atoms with van der Waals surface area (Å²) < 4.78 is 5.35. The third-order valence-corrected chi connectivity index (χ3v) is 2.30. The van der Waals surface area contributed by atoms with Crippen molar-refractivity contribution in [3.05, 3.63) is 15.9 Å². The first-order valence-corrected chi connectivity index (χ1v) is 4.60. The third kappa shape index (κ3) is 2.07. The molecule has 0 bridgehead atoms. The fraction of sp³-hybridized carbons (Fsp3) is 0.429. The summed E-state index contributed by atoms with van der Waals surface area (Å²) in [6, 6.07) is 0. The minimum Gasteiger partial charge on any atom is -0.461 e. The summed E-state index contributed by atoms with van der Waals surface area (Å²) in [5.74, 6) is -0.453. The topological polar surface area (TPSA) is 81.0 Å². The van der Waals surface area contributed by atoms with E-state index < -0.39 is 5.97 Å². The summed E-state index contributed by atoms with van der Waals surface area (Å²) in [6.45, 7) is 2.37. The van der Waals surface area contributed by atoms with Gasteiger partial charge >= 0.3 is 5.97 Å². The van der Waals surface area contributed by atoms with Crippen LogP contribution in [0, 0.1) is 0 Å². The van der Waals surface area contributed by atoms with Crippen molar-refractivity contribution in [3.63, 3.8) is 0 Å². The Kier molecular flexibility index (Phi) is 3.44. The first-order valence-electron chi connectivity index (χ1n) is 3.80. The van der Waals surface area contributed by atoms with Gasteiger partial charge in [0.15, 0.2) is 5.69 Å². The van der Waals surface area contributed by atoms with E-state index in [0.717, 1.165) is 0 Å². The number of nitrogens with two attached hydrogens (primary N) is 1. The number of H-pyrrole nitrogens is 1. The molecule has 0 saturated heterocycles. The summed E-state index contributed by atoms with van der Waals surface area (Å²) in [7, 11) is 0. The highest BCUT2D eigenvalue weighted by atomic mass is 79.9. The van der Waals surface area contributed by atoms with Gasteiger partial charge in [-0.25, -0.2) is 4.79 Å². The minimum atomic E-state index is -0.453. The van der Waals surface area contributed by atoms with Crippen molar-refractivity contribution in [1.29, 1.82) is 0 Å². The minimum absolute atomic E-state index is 0.238. The molecule has 0 radical (unpaired) electrons. The zero-order valence-electron chi connectivity index (χ0n) is 7.13. The Morgan fingerprint density at radius 2 is 2.46 bits per heavy atom. The van der Waals surface area contributed by atoms with Gasteiger partial charge in [-0.2, -0.15) is 5.10 Å². The van der Waals surface area contributed by atoms with Crippen molar-refractivity contribution in [1.82, 2.24) is 10.2 Å². The molecule has 1 aromatic heterocycles. The fourth-order valence-electron chi connectivity index (χ4n) is 0.834. The summed E-state index contributed by atoms with van der Waals surface area (Å²) >= 11 is 3.21. The van der Waals surface area contributed by atoms with Gasteiger partial charge in [-0.05, 0) is 22.9 Å². The number of nitrogens with one attached hydrogen (secondary N) is 1. The van der Waals surface area contributed by atoms with Gasteiger partial charge in [0.2, 0.25) is 0 Å². The van der Waals surface area contributed by atoms with Crippen LogP contribution >= 0.6 is 15.9 Å². The standard InChI is InChI=1S/C7H10BrN3O2/c1-2-13-7(12)6-5(8)4(3-9)10-11-6/h2-3,9H2,1H3,(H,10,11). The lowest BCUT2D eigenvalue weighted by Gasteiger charge is -1.97. The van der Waals surface area contributed by atoms with E-state index in [1.165, 1.54) is 0 Å². The summed E-state index contributed by atoms with van der Waals surface area (Å²) in [5, 5.41) is 6.42. The highest BCUT2D eigenvalue weighted by Crippen LogP contribution is 2.19. The molecule has 0 spiro atoms. The fourth-order valence-corrected chi connectivity index (χ4v) is 1.34. The first kappa shape index (κ1) is 10.2. The van der Waals surface area contributed by atoms with E-state index in [4.69, 9.17) is 10.5 Å². The van der Waals surface area contributed by atoms with Crippen LogP contribution in [-0.2, 0) is 11.3 Å². The Morgan fingerprint density at radius 1 is 1.77 bits per heavy atom. The average Bonchev–Trinajstić information content (AvgIpc) is 2.47. The molecule has 1 aromatic rings. The smallest absolute Gasteiger partial charge is 0.360 e. The molecule has 3 N–H and O–H groups in total. The Labute approximate surface area is 83.8 Å². The largest absolute Gasteiger partial charge is 0.461 e. The number of halogens is 1. The molecule has 13 heavy (non-hydrogen) atoms. The third-order valence-electron chi connectivity index (χ3n) is 1.45. The lowest BCUT2D eigenvalue weighted by atomic mass is 10.3. The van der Waals surface area contributed by atoms with Crippen molar-refractivity contribution in [2.24, 2.45) is 5.73 Å². The van der Waals surface area contributed by atoms with Gasteiger partial charge in [-0.1, -0.05) is 0 Å². The Balaban J connectivity index is 2.89. The second-order valence-electron chi connectivity index (χ2n) is 2.29. The van der Waals surface area contributed by atoms with Gasteiger partial charge in [0, 0.05) is 6.54 Å². The van der Waals surface area contributed by atoms with E-state index in [-0.39, 0.29) is 5.69 Å².